The molecule has 0 N–H and O–H groups in total. The van der Waals surface area contributed by atoms with Crippen molar-refractivity contribution in [2.75, 3.05) is 40.6 Å². The van der Waals surface area contributed by atoms with Gasteiger partial charge in [0.2, 0.25) is 0 Å². The van der Waals surface area contributed by atoms with E-state index >= 15 is 0 Å². The van der Waals surface area contributed by atoms with Crippen LogP contribution in [0.5, 0.6) is 23.0 Å². The van der Waals surface area contributed by atoms with Gasteiger partial charge in [-0.1, -0.05) is 6.58 Å². The summed E-state index contributed by atoms with van der Waals surface area (Å²) in [6.45, 7) is 5.44. The number of hydrogen-bond donors (Lipinski definition) is 0. The van der Waals surface area contributed by atoms with Gasteiger partial charge in [0, 0.05) is 13.0 Å². The second-order valence-corrected chi connectivity index (χ2v) is 13.2. The largest absolute Gasteiger partial charge is 0.497 e. The zero-order valence-corrected chi connectivity index (χ0v) is 33.6. The third-order valence-corrected chi connectivity index (χ3v) is 8.99. The van der Waals surface area contributed by atoms with Crippen molar-refractivity contribution in [3.8, 4) is 23.0 Å². The van der Waals surface area contributed by atoms with Crippen molar-refractivity contribution < 1.29 is 76.1 Å². The van der Waals surface area contributed by atoms with Crippen LogP contribution < -0.4 is 18.9 Å². The Kier molecular flexibility index (Phi) is 16.5. The minimum absolute atomic E-state index is 0.0565. The van der Waals surface area contributed by atoms with Crippen LogP contribution in [0.25, 0.3) is 0 Å². The summed E-state index contributed by atoms with van der Waals surface area (Å²) in [6.07, 6.45) is -0.201. The van der Waals surface area contributed by atoms with Crippen molar-refractivity contribution in [1.29, 1.82) is 0 Å². The highest BCUT2D eigenvalue weighted by molar-refractivity contribution is 5.93. The molecule has 0 aromatic heterocycles. The molecule has 2 saturated heterocycles. The van der Waals surface area contributed by atoms with Gasteiger partial charge in [0.25, 0.3) is 0 Å². The van der Waals surface area contributed by atoms with E-state index < -0.39 is 54.3 Å². The molecule has 0 radical (unpaired) electrons. The fourth-order valence-corrected chi connectivity index (χ4v) is 5.80. The maximum absolute atomic E-state index is 12.9. The molecule has 16 nitrogen and oxygen atoms in total. The number of unbranched alkanes of at least 4 members (excludes halogenated alkanes) is 1. The van der Waals surface area contributed by atoms with Crippen LogP contribution in [0.4, 0.5) is 0 Å². The van der Waals surface area contributed by atoms with Crippen molar-refractivity contribution in [2.45, 2.75) is 44.2 Å². The van der Waals surface area contributed by atoms with Gasteiger partial charge in [0.05, 0.1) is 62.9 Å². The predicted octanol–water partition coefficient (Wildman–Crippen LogP) is 5.75. The first-order valence-electron chi connectivity index (χ1n) is 19.0. The number of methoxy groups -OCH3 is 2. The van der Waals surface area contributed by atoms with Crippen LogP contribution in [0, 0.1) is 0 Å². The van der Waals surface area contributed by atoms with Gasteiger partial charge in [-0.15, -0.1) is 0 Å². The molecule has 4 aromatic carbocycles. The Labute approximate surface area is 351 Å². The summed E-state index contributed by atoms with van der Waals surface area (Å²) in [5, 5.41) is 0. The number of rotatable bonds is 16. The van der Waals surface area contributed by atoms with Gasteiger partial charge in [-0.25, -0.2) is 24.0 Å². The van der Waals surface area contributed by atoms with Gasteiger partial charge in [-0.3, -0.25) is 4.79 Å². The van der Waals surface area contributed by atoms with E-state index in [1.54, 1.807) is 48.5 Å². The number of benzene rings is 4. The number of esters is 6. The Morgan fingerprint density at radius 2 is 0.885 bits per heavy atom. The molecule has 0 spiro atoms. The Bertz CT molecular complexity index is 2000. The highest BCUT2D eigenvalue weighted by atomic mass is 16.7. The highest BCUT2D eigenvalue weighted by Gasteiger charge is 2.51. The fourth-order valence-electron chi connectivity index (χ4n) is 5.80. The fraction of sp³-hybridized carbons (Fsp3) is 0.289. The second kappa shape index (κ2) is 22.4. The molecule has 4 atom stereocenters. The van der Waals surface area contributed by atoms with Crippen molar-refractivity contribution >= 4 is 35.8 Å². The SMILES string of the molecule is C=CC(=O)OCCCCOC(C)=O.COc1ccc(C(=O)Oc2ccc(C(=O)OC3COC4C3OC[C@@H]4OC(=O)c3ccc(OC(=O)c4ccc(OC)cc4)cc3)cc2)cc1. The molecule has 61 heavy (non-hydrogen) atoms. The Morgan fingerprint density at radius 1 is 0.541 bits per heavy atom. The number of ether oxygens (including phenoxy) is 10. The monoisotopic (exact) mass is 840 g/mol. The maximum Gasteiger partial charge on any atom is 0.343 e. The minimum atomic E-state index is -0.724. The highest BCUT2D eigenvalue weighted by Crippen LogP contribution is 2.32. The molecule has 2 fully saturated rings. The Morgan fingerprint density at radius 3 is 1.23 bits per heavy atom. The maximum atomic E-state index is 12.9. The minimum Gasteiger partial charge on any atom is -0.497 e. The first kappa shape index (κ1) is 45.1. The van der Waals surface area contributed by atoms with Crippen LogP contribution in [0.1, 0.15) is 61.2 Å². The van der Waals surface area contributed by atoms with E-state index in [-0.39, 0.29) is 41.8 Å². The lowest BCUT2D eigenvalue weighted by Crippen LogP contribution is -2.36. The molecule has 2 aliphatic heterocycles. The van der Waals surface area contributed by atoms with Crippen LogP contribution in [0.15, 0.2) is 110 Å². The van der Waals surface area contributed by atoms with E-state index in [1.165, 1.54) is 69.7 Å². The van der Waals surface area contributed by atoms with Crippen LogP contribution in [-0.4, -0.2) is 101 Å². The molecule has 16 heteroatoms. The molecule has 2 aliphatic rings. The van der Waals surface area contributed by atoms with Crippen LogP contribution in [0.3, 0.4) is 0 Å². The molecule has 0 bridgehead atoms. The lowest BCUT2D eigenvalue weighted by molar-refractivity contribution is -0.142. The molecular formula is C45H44O16. The number of carbonyl (C=O) groups is 6. The van der Waals surface area contributed by atoms with E-state index in [1.807, 2.05) is 0 Å². The van der Waals surface area contributed by atoms with Crippen LogP contribution in [0.2, 0.25) is 0 Å². The van der Waals surface area contributed by atoms with Gasteiger partial charge in [-0.2, -0.15) is 0 Å². The molecule has 4 aromatic rings. The standard InChI is InChI=1S/C36H30O12.C9H14O4/c1-41-25-11-3-21(4-12-25)33(37)45-27-15-7-23(8-16-27)35(39)47-29-19-43-32-30(20-44-31(29)32)48-36(40)24-9-17-28(18-10-24)46-34(38)22-5-13-26(42-2)14-6-22;1-3-9(11)13-7-5-4-6-12-8(2)10/h3-18,29-32H,19-20H2,1-2H3;3H,1,4-7H2,2H3/t29-,30?,31?,32?;/m0./s1. The molecule has 0 amide bonds. The van der Waals surface area contributed by atoms with Gasteiger partial charge in [-0.05, 0) is 110 Å². The number of fused-ring (bicyclic) bond motifs is 1. The summed E-state index contributed by atoms with van der Waals surface area (Å²) < 4.78 is 53.2. The van der Waals surface area contributed by atoms with Crippen LogP contribution in [-0.2, 0) is 38.0 Å². The molecule has 0 aliphatic carbocycles. The third kappa shape index (κ3) is 13.2. The topological polar surface area (TPSA) is 195 Å². The van der Waals surface area contributed by atoms with Gasteiger partial charge in [0.1, 0.15) is 35.2 Å². The van der Waals surface area contributed by atoms with E-state index in [0.717, 1.165) is 6.08 Å². The van der Waals surface area contributed by atoms with Crippen molar-refractivity contribution in [3.63, 3.8) is 0 Å². The smallest absolute Gasteiger partial charge is 0.343 e. The molecule has 6 rings (SSSR count). The first-order valence-corrected chi connectivity index (χ1v) is 19.0. The summed E-state index contributed by atoms with van der Waals surface area (Å²) in [4.78, 5) is 71.4. The number of carbonyl (C=O) groups excluding carboxylic acids is 6. The van der Waals surface area contributed by atoms with Gasteiger partial charge < -0.3 is 47.4 Å². The molecular weight excluding hydrogens is 796 g/mol. The van der Waals surface area contributed by atoms with Crippen molar-refractivity contribution in [2.24, 2.45) is 0 Å². The molecule has 3 unspecified atom stereocenters. The first-order chi connectivity index (χ1) is 29.5. The van der Waals surface area contributed by atoms with E-state index in [0.29, 0.717) is 48.7 Å². The Balaban J connectivity index is 0.000000469. The molecule has 0 saturated carbocycles. The third-order valence-electron chi connectivity index (χ3n) is 8.99. The average Bonchev–Trinajstić information content (AvgIpc) is 3.87. The van der Waals surface area contributed by atoms with Crippen molar-refractivity contribution in [3.05, 3.63) is 132 Å². The lowest BCUT2D eigenvalue weighted by Gasteiger charge is -2.17. The summed E-state index contributed by atoms with van der Waals surface area (Å²) in [7, 11) is 3.06. The van der Waals surface area contributed by atoms with Crippen LogP contribution >= 0.6 is 0 Å². The second-order valence-electron chi connectivity index (χ2n) is 13.2. The lowest BCUT2D eigenvalue weighted by atomic mass is 10.1. The summed E-state index contributed by atoms with van der Waals surface area (Å²) >= 11 is 0. The zero-order valence-electron chi connectivity index (χ0n) is 33.6. The molecule has 320 valence electrons. The van der Waals surface area contributed by atoms with Gasteiger partial charge in [0.15, 0.2) is 12.2 Å². The van der Waals surface area contributed by atoms with E-state index in [4.69, 9.17) is 42.6 Å². The van der Waals surface area contributed by atoms with E-state index in [9.17, 15) is 28.8 Å². The quantitative estimate of drug-likeness (QED) is 0.0435. The molecule has 2 heterocycles. The predicted molar refractivity (Wildman–Crippen MR) is 214 cm³/mol. The van der Waals surface area contributed by atoms with Gasteiger partial charge >= 0.3 is 35.8 Å². The van der Waals surface area contributed by atoms with Crippen molar-refractivity contribution in [1.82, 2.24) is 0 Å². The van der Waals surface area contributed by atoms with E-state index in [2.05, 4.69) is 11.3 Å². The number of hydrogen-bond acceptors (Lipinski definition) is 16. The zero-order chi connectivity index (χ0) is 43.7. The normalized spacial score (nSPS) is 17.2. The summed E-state index contributed by atoms with van der Waals surface area (Å²) in [6, 6.07) is 24.9. The Hall–Kier alpha value is -7.04. The average molecular weight is 841 g/mol. The summed E-state index contributed by atoms with van der Waals surface area (Å²) in [5.74, 6) is -1.32. The summed E-state index contributed by atoms with van der Waals surface area (Å²) in [5.41, 5.74) is 1.17.